The van der Waals surface area contributed by atoms with Gasteiger partial charge in [0, 0.05) is 13.1 Å². The molecule has 3 saturated carbocycles. The lowest BCUT2D eigenvalue weighted by molar-refractivity contribution is -0.284. The molecule has 2 bridgehead atoms. The van der Waals surface area contributed by atoms with Crippen molar-refractivity contribution >= 4 is 28.3 Å². The first-order valence-corrected chi connectivity index (χ1v) is 11.0. The van der Waals surface area contributed by atoms with Crippen LogP contribution in [0.15, 0.2) is 18.6 Å². The summed E-state index contributed by atoms with van der Waals surface area (Å²) in [6.07, 6.45) is 7.47. The van der Waals surface area contributed by atoms with Gasteiger partial charge in [-0.15, -0.1) is 0 Å². The second kappa shape index (κ2) is 7.44. The summed E-state index contributed by atoms with van der Waals surface area (Å²) >= 11 is 1.29. The summed E-state index contributed by atoms with van der Waals surface area (Å²) in [6.45, 7) is 7.00. The van der Waals surface area contributed by atoms with Gasteiger partial charge in [0.05, 0.1) is 48.9 Å². The highest BCUT2D eigenvalue weighted by Crippen LogP contribution is 2.69. The third kappa shape index (κ3) is 3.63. The van der Waals surface area contributed by atoms with Crippen molar-refractivity contribution in [2.24, 2.45) is 5.41 Å². The third-order valence-corrected chi connectivity index (χ3v) is 6.57. The first kappa shape index (κ1) is 19.7. The van der Waals surface area contributed by atoms with Crippen molar-refractivity contribution in [2.45, 2.75) is 44.8 Å². The molecule has 9 nitrogen and oxygen atoms in total. The van der Waals surface area contributed by atoms with Crippen molar-refractivity contribution in [1.29, 1.82) is 0 Å². The van der Waals surface area contributed by atoms with E-state index in [1.54, 1.807) is 18.6 Å². The minimum atomic E-state index is -0.287. The molecule has 1 saturated heterocycles. The highest BCUT2D eigenvalue weighted by Gasteiger charge is 2.72. The van der Waals surface area contributed by atoms with E-state index in [1.165, 1.54) is 11.3 Å². The van der Waals surface area contributed by atoms with Crippen LogP contribution in [-0.2, 0) is 14.3 Å². The standard InChI is InChI=1S/C20H25N5O4S/c1-13(2)29-20-10-19(11-20,12-20)16(26)24-18-23-9-15(30-18)28-14-7-21-17(22-8-14)25-3-5-27-6-4-25/h7-9,13H,3-6,10-12H2,1-2H3,(H,23,24,26). The minimum absolute atomic E-state index is 0.0239. The first-order valence-electron chi connectivity index (χ1n) is 10.2. The number of rotatable bonds is 7. The Labute approximate surface area is 178 Å². The van der Waals surface area contributed by atoms with Gasteiger partial charge in [0.25, 0.3) is 0 Å². The molecule has 4 aliphatic rings. The van der Waals surface area contributed by atoms with Gasteiger partial charge < -0.3 is 24.4 Å². The average molecular weight is 432 g/mol. The zero-order valence-corrected chi connectivity index (χ0v) is 17.9. The van der Waals surface area contributed by atoms with Crippen molar-refractivity contribution in [1.82, 2.24) is 15.0 Å². The van der Waals surface area contributed by atoms with Crippen molar-refractivity contribution in [3.05, 3.63) is 18.6 Å². The number of hydrogen-bond acceptors (Lipinski definition) is 9. The number of thiazole rings is 1. The molecule has 3 heterocycles. The number of carbonyl (C=O) groups excluding carboxylic acids is 1. The van der Waals surface area contributed by atoms with Gasteiger partial charge in [0.15, 0.2) is 10.9 Å². The second-order valence-corrected chi connectivity index (χ2v) is 9.51. The quantitative estimate of drug-likeness (QED) is 0.715. The summed E-state index contributed by atoms with van der Waals surface area (Å²) in [5.74, 6) is 1.22. The molecule has 0 atom stereocenters. The number of amides is 1. The monoisotopic (exact) mass is 431 g/mol. The number of anilines is 2. The summed E-state index contributed by atoms with van der Waals surface area (Å²) < 4.78 is 17.1. The largest absolute Gasteiger partial charge is 0.442 e. The van der Waals surface area contributed by atoms with Gasteiger partial charge in [-0.25, -0.2) is 15.0 Å². The Bertz CT molecular complexity index is 906. The van der Waals surface area contributed by atoms with E-state index in [2.05, 4.69) is 25.2 Å². The van der Waals surface area contributed by atoms with Crippen molar-refractivity contribution in [3.8, 4) is 10.8 Å². The molecule has 4 fully saturated rings. The van der Waals surface area contributed by atoms with Crippen LogP contribution in [-0.4, -0.2) is 58.9 Å². The molecule has 6 rings (SSSR count). The number of ether oxygens (including phenoxy) is 3. The fraction of sp³-hybridized carbons (Fsp3) is 0.600. The number of carbonyl (C=O) groups is 1. The van der Waals surface area contributed by atoms with Gasteiger partial charge in [-0.05, 0) is 33.1 Å². The van der Waals surface area contributed by atoms with Gasteiger partial charge >= 0.3 is 0 Å². The molecule has 0 radical (unpaired) electrons. The molecular weight excluding hydrogens is 406 g/mol. The van der Waals surface area contributed by atoms with Gasteiger partial charge in [-0.2, -0.15) is 0 Å². The maximum Gasteiger partial charge on any atom is 0.232 e. The molecule has 3 aliphatic carbocycles. The van der Waals surface area contributed by atoms with E-state index in [0.717, 1.165) is 32.4 Å². The number of nitrogens with one attached hydrogen (secondary N) is 1. The lowest BCUT2D eigenvalue weighted by Crippen LogP contribution is -2.72. The molecule has 10 heteroatoms. The normalized spacial score (nSPS) is 27.4. The number of nitrogens with zero attached hydrogens (tertiary/aromatic N) is 4. The van der Waals surface area contributed by atoms with E-state index in [-0.39, 0.29) is 23.0 Å². The second-order valence-electron chi connectivity index (χ2n) is 8.52. The number of aromatic nitrogens is 3. The summed E-state index contributed by atoms with van der Waals surface area (Å²) in [5, 5.41) is 4.04. The van der Waals surface area contributed by atoms with E-state index in [4.69, 9.17) is 14.2 Å². The SMILES string of the molecule is CC(C)OC12CC(C(=O)Nc3ncc(Oc4cnc(N5CCOCC5)nc4)s3)(C1)C2. The molecule has 1 amide bonds. The van der Waals surface area contributed by atoms with Gasteiger partial charge in [-0.3, -0.25) is 4.79 Å². The zero-order valence-electron chi connectivity index (χ0n) is 17.1. The molecule has 0 aromatic carbocycles. The van der Waals surface area contributed by atoms with Crippen LogP contribution >= 0.6 is 11.3 Å². The van der Waals surface area contributed by atoms with Gasteiger partial charge in [0.2, 0.25) is 16.9 Å². The summed E-state index contributed by atoms with van der Waals surface area (Å²) in [5.41, 5.74) is -0.360. The lowest BCUT2D eigenvalue weighted by Gasteiger charge is -2.68. The fourth-order valence-corrected chi connectivity index (χ4v) is 5.24. The summed E-state index contributed by atoms with van der Waals surface area (Å²) in [7, 11) is 0. The first-order chi connectivity index (χ1) is 14.5. The maximum atomic E-state index is 12.7. The summed E-state index contributed by atoms with van der Waals surface area (Å²) in [6, 6.07) is 0. The zero-order chi connectivity index (χ0) is 20.8. The molecule has 30 heavy (non-hydrogen) atoms. The van der Waals surface area contributed by atoms with E-state index in [0.29, 0.717) is 35.1 Å². The molecular formula is C20H25N5O4S. The van der Waals surface area contributed by atoms with Crippen molar-refractivity contribution in [2.75, 3.05) is 36.5 Å². The van der Waals surface area contributed by atoms with Crippen LogP contribution in [0.1, 0.15) is 33.1 Å². The Morgan fingerprint density at radius 1 is 1.17 bits per heavy atom. The summed E-state index contributed by atoms with van der Waals surface area (Å²) in [4.78, 5) is 27.8. The Hall–Kier alpha value is -2.30. The van der Waals surface area contributed by atoms with Crippen LogP contribution in [0.2, 0.25) is 0 Å². The predicted octanol–water partition coefficient (Wildman–Crippen LogP) is 2.85. The van der Waals surface area contributed by atoms with Crippen molar-refractivity contribution < 1.29 is 19.0 Å². The smallest absolute Gasteiger partial charge is 0.232 e. The Morgan fingerprint density at radius 3 is 2.53 bits per heavy atom. The Kier molecular flexibility index (Phi) is 4.87. The van der Waals surface area contributed by atoms with Crippen LogP contribution in [0.25, 0.3) is 0 Å². The van der Waals surface area contributed by atoms with Gasteiger partial charge in [-0.1, -0.05) is 11.3 Å². The molecule has 0 unspecified atom stereocenters. The van der Waals surface area contributed by atoms with Crippen LogP contribution in [0.5, 0.6) is 10.8 Å². The van der Waals surface area contributed by atoms with Crippen LogP contribution in [0.4, 0.5) is 11.1 Å². The van der Waals surface area contributed by atoms with E-state index in [1.807, 2.05) is 13.8 Å². The van der Waals surface area contributed by atoms with Crippen LogP contribution in [0.3, 0.4) is 0 Å². The molecule has 1 N–H and O–H groups in total. The third-order valence-electron chi connectivity index (χ3n) is 5.78. The maximum absolute atomic E-state index is 12.7. The fourth-order valence-electron chi connectivity index (χ4n) is 4.56. The van der Waals surface area contributed by atoms with E-state index >= 15 is 0 Å². The lowest BCUT2D eigenvalue weighted by atomic mass is 9.40. The minimum Gasteiger partial charge on any atom is -0.442 e. The highest BCUT2D eigenvalue weighted by atomic mass is 32.1. The number of morpholine rings is 1. The van der Waals surface area contributed by atoms with E-state index < -0.39 is 0 Å². The molecule has 2 aromatic heterocycles. The van der Waals surface area contributed by atoms with Crippen molar-refractivity contribution in [3.63, 3.8) is 0 Å². The molecule has 160 valence electrons. The highest BCUT2D eigenvalue weighted by molar-refractivity contribution is 7.17. The predicted molar refractivity (Wildman–Crippen MR) is 111 cm³/mol. The van der Waals surface area contributed by atoms with Gasteiger partial charge in [0.1, 0.15) is 0 Å². The molecule has 2 aromatic rings. The average Bonchev–Trinajstić information content (AvgIpc) is 3.11. The topological polar surface area (TPSA) is 98.7 Å². The molecule has 0 spiro atoms. The van der Waals surface area contributed by atoms with Crippen LogP contribution < -0.4 is 15.0 Å². The Morgan fingerprint density at radius 2 is 1.87 bits per heavy atom. The Balaban J connectivity index is 1.14. The van der Waals surface area contributed by atoms with Crippen LogP contribution in [0, 0.1) is 5.41 Å². The van der Waals surface area contributed by atoms with E-state index in [9.17, 15) is 4.79 Å². The molecule has 1 aliphatic heterocycles. The number of hydrogen-bond donors (Lipinski definition) is 1.